The average molecular weight is 182 g/mol. The van der Waals surface area contributed by atoms with Gasteiger partial charge < -0.3 is 14.6 Å². The highest BCUT2D eigenvalue weighted by atomic mass is 16.5. The van der Waals surface area contributed by atoms with Crippen LogP contribution in [0.1, 0.15) is 11.4 Å². The molecule has 0 amide bonds. The molecule has 0 aliphatic heterocycles. The molecule has 1 aromatic heterocycles. The second-order valence-electron chi connectivity index (χ2n) is 3.19. The molecule has 1 N–H and O–H groups in total. The van der Waals surface area contributed by atoms with E-state index in [9.17, 15) is 0 Å². The Labute approximate surface area is 79.7 Å². The fourth-order valence-electron chi connectivity index (χ4n) is 1.24. The monoisotopic (exact) mass is 182 g/mol. The van der Waals surface area contributed by atoms with E-state index >= 15 is 0 Å². The van der Waals surface area contributed by atoms with Gasteiger partial charge in [-0.25, -0.2) is 0 Å². The first-order valence-corrected chi connectivity index (χ1v) is 4.56. The SMILES string of the molecule is COCCNCc1ccc(C)n1C. The van der Waals surface area contributed by atoms with Crippen LogP contribution in [-0.4, -0.2) is 24.8 Å². The minimum absolute atomic E-state index is 0.767. The molecule has 1 heterocycles. The van der Waals surface area contributed by atoms with Gasteiger partial charge in [-0.3, -0.25) is 0 Å². The summed E-state index contributed by atoms with van der Waals surface area (Å²) in [5.74, 6) is 0. The Morgan fingerprint density at radius 1 is 1.46 bits per heavy atom. The van der Waals surface area contributed by atoms with Crippen molar-refractivity contribution in [3.05, 3.63) is 23.5 Å². The average Bonchev–Trinajstić information content (AvgIpc) is 2.43. The third-order valence-electron chi connectivity index (χ3n) is 2.27. The van der Waals surface area contributed by atoms with E-state index < -0.39 is 0 Å². The Hall–Kier alpha value is -0.800. The van der Waals surface area contributed by atoms with Gasteiger partial charge in [0.25, 0.3) is 0 Å². The summed E-state index contributed by atoms with van der Waals surface area (Å²) in [6.07, 6.45) is 0. The zero-order valence-corrected chi connectivity index (χ0v) is 8.63. The van der Waals surface area contributed by atoms with Crippen LogP contribution in [0, 0.1) is 6.92 Å². The van der Waals surface area contributed by atoms with Gasteiger partial charge in [0.15, 0.2) is 0 Å². The molecule has 0 saturated heterocycles. The van der Waals surface area contributed by atoms with E-state index in [0.29, 0.717) is 0 Å². The van der Waals surface area contributed by atoms with Crippen molar-refractivity contribution < 1.29 is 4.74 Å². The summed E-state index contributed by atoms with van der Waals surface area (Å²) in [6, 6.07) is 4.28. The number of nitrogens with one attached hydrogen (secondary N) is 1. The van der Waals surface area contributed by atoms with Crippen molar-refractivity contribution >= 4 is 0 Å². The summed E-state index contributed by atoms with van der Waals surface area (Å²) < 4.78 is 7.14. The Balaban J connectivity index is 2.32. The van der Waals surface area contributed by atoms with Crippen molar-refractivity contribution in [2.45, 2.75) is 13.5 Å². The highest BCUT2D eigenvalue weighted by molar-refractivity contribution is 5.14. The van der Waals surface area contributed by atoms with Gasteiger partial charge in [0.2, 0.25) is 0 Å². The fourth-order valence-corrected chi connectivity index (χ4v) is 1.24. The number of aromatic nitrogens is 1. The molecule has 0 aliphatic carbocycles. The third kappa shape index (κ3) is 2.86. The summed E-state index contributed by atoms with van der Waals surface area (Å²) in [6.45, 7) is 4.69. The molecule has 0 bridgehead atoms. The predicted molar refractivity (Wildman–Crippen MR) is 53.7 cm³/mol. The van der Waals surface area contributed by atoms with Gasteiger partial charge in [-0.2, -0.15) is 0 Å². The van der Waals surface area contributed by atoms with Crippen LogP contribution in [0.5, 0.6) is 0 Å². The molecule has 1 rings (SSSR count). The maximum absolute atomic E-state index is 4.95. The topological polar surface area (TPSA) is 26.2 Å². The van der Waals surface area contributed by atoms with Crippen molar-refractivity contribution in [1.82, 2.24) is 9.88 Å². The third-order valence-corrected chi connectivity index (χ3v) is 2.27. The molecule has 0 unspecified atom stereocenters. The van der Waals surface area contributed by atoms with Crippen LogP contribution < -0.4 is 5.32 Å². The van der Waals surface area contributed by atoms with E-state index in [2.05, 4.69) is 36.0 Å². The first-order chi connectivity index (χ1) is 6.25. The minimum atomic E-state index is 0.767. The van der Waals surface area contributed by atoms with Gasteiger partial charge in [-0.1, -0.05) is 0 Å². The molecule has 13 heavy (non-hydrogen) atoms. The smallest absolute Gasteiger partial charge is 0.0587 e. The number of rotatable bonds is 5. The van der Waals surface area contributed by atoms with E-state index in [1.165, 1.54) is 11.4 Å². The fraction of sp³-hybridized carbons (Fsp3) is 0.600. The van der Waals surface area contributed by atoms with Gasteiger partial charge in [-0.15, -0.1) is 0 Å². The molecule has 0 saturated carbocycles. The Bertz CT molecular complexity index is 255. The first kappa shape index (κ1) is 10.3. The Kier molecular flexibility index (Phi) is 3.99. The summed E-state index contributed by atoms with van der Waals surface area (Å²) in [5, 5.41) is 3.31. The van der Waals surface area contributed by atoms with Crippen LogP contribution in [0.3, 0.4) is 0 Å². The molecular weight excluding hydrogens is 164 g/mol. The lowest BCUT2D eigenvalue weighted by molar-refractivity contribution is 0.199. The summed E-state index contributed by atoms with van der Waals surface area (Å²) in [5.41, 5.74) is 2.61. The Morgan fingerprint density at radius 2 is 2.23 bits per heavy atom. The summed E-state index contributed by atoms with van der Waals surface area (Å²) in [7, 11) is 3.80. The zero-order chi connectivity index (χ0) is 9.68. The van der Waals surface area contributed by atoms with Gasteiger partial charge >= 0.3 is 0 Å². The number of ether oxygens (including phenoxy) is 1. The first-order valence-electron chi connectivity index (χ1n) is 4.56. The van der Waals surface area contributed by atoms with Gasteiger partial charge in [0.1, 0.15) is 0 Å². The van der Waals surface area contributed by atoms with Crippen molar-refractivity contribution in [3.8, 4) is 0 Å². The lowest BCUT2D eigenvalue weighted by Gasteiger charge is -2.06. The molecule has 0 aromatic carbocycles. The van der Waals surface area contributed by atoms with E-state index in [4.69, 9.17) is 4.74 Å². The van der Waals surface area contributed by atoms with E-state index in [-0.39, 0.29) is 0 Å². The lowest BCUT2D eigenvalue weighted by Crippen LogP contribution is -2.20. The van der Waals surface area contributed by atoms with E-state index in [1.807, 2.05) is 0 Å². The normalized spacial score (nSPS) is 10.7. The maximum Gasteiger partial charge on any atom is 0.0587 e. The van der Waals surface area contributed by atoms with Crippen molar-refractivity contribution in [1.29, 1.82) is 0 Å². The summed E-state index contributed by atoms with van der Waals surface area (Å²) >= 11 is 0. The zero-order valence-electron chi connectivity index (χ0n) is 8.63. The van der Waals surface area contributed by atoms with E-state index in [1.54, 1.807) is 7.11 Å². The lowest BCUT2D eigenvalue weighted by atomic mass is 10.4. The number of methoxy groups -OCH3 is 1. The minimum Gasteiger partial charge on any atom is -0.383 e. The quantitative estimate of drug-likeness (QED) is 0.689. The number of hydrogen-bond donors (Lipinski definition) is 1. The molecule has 0 atom stereocenters. The number of aryl methyl sites for hydroxylation is 1. The molecule has 1 aromatic rings. The molecular formula is C10H18N2O. The summed E-state index contributed by atoms with van der Waals surface area (Å²) in [4.78, 5) is 0. The molecule has 0 radical (unpaired) electrons. The largest absolute Gasteiger partial charge is 0.383 e. The van der Waals surface area contributed by atoms with E-state index in [0.717, 1.165) is 19.7 Å². The molecule has 74 valence electrons. The highest BCUT2D eigenvalue weighted by Crippen LogP contribution is 2.04. The molecule has 0 fully saturated rings. The number of hydrogen-bond acceptors (Lipinski definition) is 2. The van der Waals surface area contributed by atoms with Crippen molar-refractivity contribution in [2.75, 3.05) is 20.3 Å². The van der Waals surface area contributed by atoms with Gasteiger partial charge in [0, 0.05) is 38.6 Å². The van der Waals surface area contributed by atoms with Crippen LogP contribution in [0.2, 0.25) is 0 Å². The molecule has 3 heteroatoms. The van der Waals surface area contributed by atoms with Crippen molar-refractivity contribution in [3.63, 3.8) is 0 Å². The molecule has 0 spiro atoms. The predicted octanol–water partition coefficient (Wildman–Crippen LogP) is 1.07. The van der Waals surface area contributed by atoms with Crippen LogP contribution in [-0.2, 0) is 18.3 Å². The Morgan fingerprint density at radius 3 is 2.77 bits per heavy atom. The van der Waals surface area contributed by atoms with Crippen molar-refractivity contribution in [2.24, 2.45) is 7.05 Å². The maximum atomic E-state index is 4.95. The standard InChI is InChI=1S/C10H18N2O/c1-9-4-5-10(12(9)2)8-11-6-7-13-3/h4-5,11H,6-8H2,1-3H3. The highest BCUT2D eigenvalue weighted by Gasteiger charge is 1.99. The van der Waals surface area contributed by atoms with Gasteiger partial charge in [-0.05, 0) is 19.1 Å². The van der Waals surface area contributed by atoms with Gasteiger partial charge in [0.05, 0.1) is 6.61 Å². The molecule has 3 nitrogen and oxygen atoms in total. The second-order valence-corrected chi connectivity index (χ2v) is 3.19. The van der Waals surface area contributed by atoms with Crippen LogP contribution >= 0.6 is 0 Å². The number of nitrogens with zero attached hydrogens (tertiary/aromatic N) is 1. The van der Waals surface area contributed by atoms with Crippen LogP contribution in [0.25, 0.3) is 0 Å². The second kappa shape index (κ2) is 5.04. The van der Waals surface area contributed by atoms with Crippen LogP contribution in [0.15, 0.2) is 12.1 Å². The van der Waals surface area contributed by atoms with Crippen LogP contribution in [0.4, 0.5) is 0 Å². The molecule has 0 aliphatic rings.